The van der Waals surface area contributed by atoms with Gasteiger partial charge in [-0.05, 0) is 17.7 Å². The van der Waals surface area contributed by atoms with Crippen molar-refractivity contribution in [1.82, 2.24) is 0 Å². The Kier molecular flexibility index (Phi) is 6.91. The lowest BCUT2D eigenvalue weighted by atomic mass is 10.2. The van der Waals surface area contributed by atoms with E-state index in [2.05, 4.69) is 5.32 Å². The van der Waals surface area contributed by atoms with Crippen molar-refractivity contribution in [3.8, 4) is 0 Å². The molecule has 1 rings (SSSR count). The van der Waals surface area contributed by atoms with Crippen LogP contribution in [0.3, 0.4) is 0 Å². The van der Waals surface area contributed by atoms with Crippen LogP contribution in [0.4, 0.5) is 23.2 Å². The molecule has 0 heterocycles. The minimum atomic E-state index is -3.08. The van der Waals surface area contributed by atoms with E-state index in [0.29, 0.717) is 5.56 Å². The van der Waals surface area contributed by atoms with E-state index in [0.717, 1.165) is 6.07 Å². The molecule has 0 saturated heterocycles. The first kappa shape index (κ1) is 16.0. The van der Waals surface area contributed by atoms with Crippen LogP contribution in [-0.4, -0.2) is 19.1 Å². The average molecular weight is 273 g/mol. The summed E-state index contributed by atoms with van der Waals surface area (Å²) in [6.45, 7) is -0.439. The van der Waals surface area contributed by atoms with E-state index in [-0.39, 0.29) is 24.6 Å². The lowest BCUT2D eigenvalue weighted by molar-refractivity contribution is 0.0570. The lowest BCUT2D eigenvalue weighted by Crippen LogP contribution is -2.23. The van der Waals surface area contributed by atoms with Gasteiger partial charge >= 0.3 is 0 Å². The molecule has 0 fully saturated rings. The molecule has 0 radical (unpaired) electrons. The fraction of sp³-hybridized carbons (Fsp3) is 0.400. The summed E-state index contributed by atoms with van der Waals surface area (Å²) < 4.78 is 49.4. The SMILES string of the molecule is Cl.NCc1ccc(F)c(NCC(F)C(F)F)c1. The number of nitrogens with two attached hydrogens (primary N) is 1. The maximum atomic E-state index is 13.1. The van der Waals surface area contributed by atoms with Crippen molar-refractivity contribution in [3.63, 3.8) is 0 Å². The van der Waals surface area contributed by atoms with Gasteiger partial charge in [0.25, 0.3) is 6.43 Å². The highest BCUT2D eigenvalue weighted by molar-refractivity contribution is 5.85. The van der Waals surface area contributed by atoms with Crippen LogP contribution in [0, 0.1) is 5.82 Å². The first-order valence-electron chi connectivity index (χ1n) is 4.69. The van der Waals surface area contributed by atoms with Gasteiger partial charge in [0.05, 0.1) is 12.2 Å². The Morgan fingerprint density at radius 3 is 2.41 bits per heavy atom. The second kappa shape index (κ2) is 7.34. The summed E-state index contributed by atoms with van der Waals surface area (Å²) in [5.74, 6) is -0.626. The van der Waals surface area contributed by atoms with Crippen LogP contribution in [0.25, 0.3) is 0 Å². The quantitative estimate of drug-likeness (QED) is 0.809. The van der Waals surface area contributed by atoms with E-state index < -0.39 is 25.0 Å². The minimum absolute atomic E-state index is 0. The molecule has 1 aromatic rings. The fourth-order valence-corrected chi connectivity index (χ4v) is 1.13. The third-order valence-corrected chi connectivity index (χ3v) is 2.03. The summed E-state index contributed by atoms with van der Waals surface area (Å²) in [6.07, 6.45) is -5.39. The zero-order chi connectivity index (χ0) is 12.1. The molecule has 0 saturated carbocycles. The molecule has 7 heteroatoms. The molecule has 0 aromatic heterocycles. The van der Waals surface area contributed by atoms with E-state index in [1.165, 1.54) is 12.1 Å². The van der Waals surface area contributed by atoms with Crippen LogP contribution >= 0.6 is 12.4 Å². The molecular weight excluding hydrogens is 260 g/mol. The van der Waals surface area contributed by atoms with Gasteiger partial charge in [0.2, 0.25) is 0 Å². The van der Waals surface area contributed by atoms with Crippen molar-refractivity contribution in [1.29, 1.82) is 0 Å². The molecule has 2 nitrogen and oxygen atoms in total. The van der Waals surface area contributed by atoms with E-state index in [9.17, 15) is 17.6 Å². The van der Waals surface area contributed by atoms with Crippen molar-refractivity contribution in [2.24, 2.45) is 5.73 Å². The van der Waals surface area contributed by atoms with Gasteiger partial charge in [-0.3, -0.25) is 0 Å². The monoisotopic (exact) mass is 272 g/mol. The number of hydrogen-bond donors (Lipinski definition) is 2. The Morgan fingerprint density at radius 1 is 1.24 bits per heavy atom. The minimum Gasteiger partial charge on any atom is -0.380 e. The molecule has 98 valence electrons. The zero-order valence-electron chi connectivity index (χ0n) is 8.80. The molecule has 3 N–H and O–H groups in total. The van der Waals surface area contributed by atoms with Crippen molar-refractivity contribution in [2.75, 3.05) is 11.9 Å². The third kappa shape index (κ3) is 4.79. The maximum Gasteiger partial charge on any atom is 0.271 e. The second-order valence-corrected chi connectivity index (χ2v) is 3.25. The van der Waals surface area contributed by atoms with Crippen LogP contribution in [0.5, 0.6) is 0 Å². The van der Waals surface area contributed by atoms with Gasteiger partial charge in [0.15, 0.2) is 6.17 Å². The van der Waals surface area contributed by atoms with Crippen LogP contribution in [0.2, 0.25) is 0 Å². The van der Waals surface area contributed by atoms with Crippen molar-refractivity contribution in [2.45, 2.75) is 19.1 Å². The summed E-state index contributed by atoms with van der Waals surface area (Å²) in [6, 6.07) is 3.99. The van der Waals surface area contributed by atoms with Gasteiger partial charge in [-0.15, -0.1) is 12.4 Å². The van der Waals surface area contributed by atoms with Crippen LogP contribution < -0.4 is 11.1 Å². The molecule has 0 aliphatic heterocycles. The fourth-order valence-electron chi connectivity index (χ4n) is 1.13. The number of benzene rings is 1. The number of alkyl halides is 3. The summed E-state index contributed by atoms with van der Waals surface area (Å²) in [5, 5.41) is 2.28. The first-order valence-corrected chi connectivity index (χ1v) is 4.69. The van der Waals surface area contributed by atoms with Gasteiger partial charge in [-0.25, -0.2) is 17.6 Å². The molecule has 0 amide bonds. The molecule has 0 bridgehead atoms. The topological polar surface area (TPSA) is 38.0 Å². The Morgan fingerprint density at radius 2 is 1.88 bits per heavy atom. The molecule has 0 aliphatic rings. The smallest absolute Gasteiger partial charge is 0.271 e. The summed E-state index contributed by atoms with van der Waals surface area (Å²) in [4.78, 5) is 0. The molecule has 17 heavy (non-hydrogen) atoms. The molecular formula is C10H13ClF4N2. The van der Waals surface area contributed by atoms with E-state index >= 15 is 0 Å². The van der Waals surface area contributed by atoms with Crippen LogP contribution in [-0.2, 0) is 6.54 Å². The number of nitrogens with one attached hydrogen (secondary N) is 1. The summed E-state index contributed by atoms with van der Waals surface area (Å²) in [7, 11) is 0. The van der Waals surface area contributed by atoms with E-state index in [4.69, 9.17) is 5.73 Å². The Labute approximate surface area is 103 Å². The standard InChI is InChI=1S/C10H12F4N2.ClH/c11-7-2-1-6(4-15)3-9(7)16-5-8(12)10(13)14;/h1-3,8,10,16H,4-5,15H2;1H. The number of hydrogen-bond acceptors (Lipinski definition) is 2. The zero-order valence-corrected chi connectivity index (χ0v) is 9.61. The Balaban J connectivity index is 0.00000256. The van der Waals surface area contributed by atoms with E-state index in [1.807, 2.05) is 0 Å². The highest BCUT2D eigenvalue weighted by Gasteiger charge is 2.19. The average Bonchev–Trinajstić information content (AvgIpc) is 2.27. The van der Waals surface area contributed by atoms with Crippen LogP contribution in [0.1, 0.15) is 5.56 Å². The molecule has 0 aliphatic carbocycles. The predicted molar refractivity (Wildman–Crippen MR) is 60.9 cm³/mol. The third-order valence-electron chi connectivity index (χ3n) is 2.03. The maximum absolute atomic E-state index is 13.1. The largest absolute Gasteiger partial charge is 0.380 e. The predicted octanol–water partition coefficient (Wildman–Crippen LogP) is 2.72. The molecule has 1 atom stereocenters. The molecule has 0 spiro atoms. The molecule has 1 aromatic carbocycles. The number of anilines is 1. The normalized spacial score (nSPS) is 12.1. The summed E-state index contributed by atoms with van der Waals surface area (Å²) in [5.41, 5.74) is 5.94. The number of halogens is 5. The van der Waals surface area contributed by atoms with Gasteiger partial charge in [-0.2, -0.15) is 0 Å². The van der Waals surface area contributed by atoms with E-state index in [1.54, 1.807) is 0 Å². The molecule has 1 unspecified atom stereocenters. The summed E-state index contributed by atoms with van der Waals surface area (Å²) >= 11 is 0. The van der Waals surface area contributed by atoms with Gasteiger partial charge in [-0.1, -0.05) is 6.07 Å². The highest BCUT2D eigenvalue weighted by Crippen LogP contribution is 2.17. The van der Waals surface area contributed by atoms with Crippen molar-refractivity contribution in [3.05, 3.63) is 29.6 Å². The van der Waals surface area contributed by atoms with Crippen molar-refractivity contribution < 1.29 is 17.6 Å². The lowest BCUT2D eigenvalue weighted by Gasteiger charge is -2.11. The highest BCUT2D eigenvalue weighted by atomic mass is 35.5. The van der Waals surface area contributed by atoms with Gasteiger partial charge in [0.1, 0.15) is 5.82 Å². The Hall–Kier alpha value is -1.01. The van der Waals surface area contributed by atoms with Crippen molar-refractivity contribution >= 4 is 18.1 Å². The first-order chi connectivity index (χ1) is 7.54. The van der Waals surface area contributed by atoms with Gasteiger partial charge in [0, 0.05) is 6.54 Å². The Bertz CT molecular complexity index is 349. The van der Waals surface area contributed by atoms with Crippen LogP contribution in [0.15, 0.2) is 18.2 Å². The second-order valence-electron chi connectivity index (χ2n) is 3.25. The van der Waals surface area contributed by atoms with Gasteiger partial charge < -0.3 is 11.1 Å². The number of rotatable bonds is 5.